The predicted molar refractivity (Wildman–Crippen MR) is 117 cm³/mol. The topological polar surface area (TPSA) is 48.5 Å². The SMILES string of the molecule is O=C(N1CCc2ncc(C(F)(F)F)cc2C1)N1CCC(NCc2csc3ccccc23)C1. The maximum Gasteiger partial charge on any atom is 0.417 e. The van der Waals surface area contributed by atoms with Crippen molar-refractivity contribution >= 4 is 27.5 Å². The van der Waals surface area contributed by atoms with E-state index in [0.717, 1.165) is 25.2 Å². The highest BCUT2D eigenvalue weighted by atomic mass is 32.1. The molecule has 0 bridgehead atoms. The molecule has 5 rings (SSSR count). The summed E-state index contributed by atoms with van der Waals surface area (Å²) >= 11 is 1.73. The van der Waals surface area contributed by atoms with Crippen LogP contribution in [0.1, 0.15) is 28.8 Å². The second-order valence-corrected chi connectivity index (χ2v) is 9.26. The molecule has 2 aromatic heterocycles. The quantitative estimate of drug-likeness (QED) is 0.619. The van der Waals surface area contributed by atoms with E-state index < -0.39 is 11.7 Å². The molecule has 1 N–H and O–H groups in total. The third kappa shape index (κ3) is 4.19. The highest BCUT2D eigenvalue weighted by Crippen LogP contribution is 2.31. The number of hydrogen-bond acceptors (Lipinski definition) is 4. The first-order valence-corrected chi connectivity index (χ1v) is 11.5. The number of aromatic nitrogens is 1. The van der Waals surface area contributed by atoms with Gasteiger partial charge in [-0.1, -0.05) is 18.2 Å². The zero-order valence-corrected chi connectivity index (χ0v) is 18.2. The van der Waals surface area contributed by atoms with Crippen LogP contribution in [0.2, 0.25) is 0 Å². The van der Waals surface area contributed by atoms with E-state index >= 15 is 0 Å². The Morgan fingerprint density at radius 2 is 2.06 bits per heavy atom. The molecule has 2 aliphatic rings. The number of nitrogens with one attached hydrogen (secondary N) is 1. The fourth-order valence-electron chi connectivity index (χ4n) is 4.47. The second kappa shape index (κ2) is 8.37. The molecule has 9 heteroatoms. The number of nitrogens with zero attached hydrogens (tertiary/aromatic N) is 3. The van der Waals surface area contributed by atoms with Gasteiger partial charge >= 0.3 is 12.2 Å². The van der Waals surface area contributed by atoms with Gasteiger partial charge in [0.2, 0.25) is 0 Å². The van der Waals surface area contributed by atoms with Crippen LogP contribution in [0, 0.1) is 0 Å². The predicted octanol–water partition coefficient (Wildman–Crippen LogP) is 4.66. The van der Waals surface area contributed by atoms with Crippen molar-refractivity contribution in [3.63, 3.8) is 0 Å². The molecule has 0 aliphatic carbocycles. The monoisotopic (exact) mass is 460 g/mol. The molecule has 1 atom stereocenters. The van der Waals surface area contributed by atoms with Crippen LogP contribution < -0.4 is 5.32 Å². The molecule has 1 saturated heterocycles. The molecule has 1 fully saturated rings. The Labute approximate surface area is 187 Å². The molecule has 32 heavy (non-hydrogen) atoms. The zero-order valence-electron chi connectivity index (χ0n) is 17.4. The van der Waals surface area contributed by atoms with Crippen LogP contribution in [0.15, 0.2) is 41.9 Å². The van der Waals surface area contributed by atoms with Crippen LogP contribution in [-0.4, -0.2) is 46.5 Å². The minimum absolute atomic E-state index is 0.113. The maximum atomic E-state index is 13.0. The molecule has 0 saturated carbocycles. The summed E-state index contributed by atoms with van der Waals surface area (Å²) in [6, 6.07) is 9.53. The van der Waals surface area contributed by atoms with Crippen molar-refractivity contribution in [1.29, 1.82) is 0 Å². The number of likely N-dealkylation sites (tertiary alicyclic amines) is 1. The van der Waals surface area contributed by atoms with Gasteiger partial charge in [-0.3, -0.25) is 4.98 Å². The lowest BCUT2D eigenvalue weighted by Gasteiger charge is -2.32. The van der Waals surface area contributed by atoms with E-state index in [4.69, 9.17) is 0 Å². The number of amides is 2. The van der Waals surface area contributed by atoms with Gasteiger partial charge in [0.15, 0.2) is 0 Å². The molecule has 0 radical (unpaired) electrons. The van der Waals surface area contributed by atoms with Gasteiger partial charge in [0.1, 0.15) is 0 Å². The van der Waals surface area contributed by atoms with Crippen molar-refractivity contribution in [2.75, 3.05) is 19.6 Å². The van der Waals surface area contributed by atoms with E-state index in [2.05, 4.69) is 27.8 Å². The van der Waals surface area contributed by atoms with Crippen LogP contribution in [0.3, 0.4) is 0 Å². The van der Waals surface area contributed by atoms with Gasteiger partial charge in [-0.15, -0.1) is 11.3 Å². The van der Waals surface area contributed by atoms with Crippen LogP contribution in [-0.2, 0) is 25.7 Å². The number of rotatable bonds is 3. The second-order valence-electron chi connectivity index (χ2n) is 8.35. The van der Waals surface area contributed by atoms with Gasteiger partial charge in [-0.2, -0.15) is 13.2 Å². The Morgan fingerprint density at radius 1 is 1.22 bits per heavy atom. The summed E-state index contributed by atoms with van der Waals surface area (Å²) in [5.74, 6) is 0. The Hall–Kier alpha value is -2.65. The van der Waals surface area contributed by atoms with Crippen molar-refractivity contribution in [2.45, 2.75) is 38.1 Å². The summed E-state index contributed by atoms with van der Waals surface area (Å²) in [5.41, 5.74) is 1.62. The lowest BCUT2D eigenvalue weighted by molar-refractivity contribution is -0.137. The van der Waals surface area contributed by atoms with Gasteiger partial charge < -0.3 is 15.1 Å². The molecular weight excluding hydrogens is 437 g/mol. The number of carbonyl (C=O) groups excluding carboxylic acids is 1. The van der Waals surface area contributed by atoms with Crippen molar-refractivity contribution in [3.05, 3.63) is 64.3 Å². The number of carbonyl (C=O) groups is 1. The van der Waals surface area contributed by atoms with E-state index in [-0.39, 0.29) is 18.6 Å². The molecule has 3 aromatic rings. The van der Waals surface area contributed by atoms with E-state index in [0.29, 0.717) is 37.3 Å². The van der Waals surface area contributed by atoms with Gasteiger partial charge in [0.05, 0.1) is 5.56 Å². The van der Waals surface area contributed by atoms with Crippen LogP contribution in [0.5, 0.6) is 0 Å². The number of alkyl halides is 3. The number of fused-ring (bicyclic) bond motifs is 2. The molecule has 168 valence electrons. The average molecular weight is 461 g/mol. The third-order valence-corrected chi connectivity index (χ3v) is 7.25. The summed E-state index contributed by atoms with van der Waals surface area (Å²) in [4.78, 5) is 20.4. The number of urea groups is 1. The number of thiophene rings is 1. The fourth-order valence-corrected chi connectivity index (χ4v) is 5.43. The molecule has 1 aromatic carbocycles. The number of hydrogen-bond donors (Lipinski definition) is 1. The summed E-state index contributed by atoms with van der Waals surface area (Å²) in [6.45, 7) is 2.64. The Kier molecular flexibility index (Phi) is 5.54. The highest BCUT2D eigenvalue weighted by Gasteiger charge is 2.34. The highest BCUT2D eigenvalue weighted by molar-refractivity contribution is 7.17. The van der Waals surface area contributed by atoms with Crippen molar-refractivity contribution in [3.8, 4) is 0 Å². The summed E-state index contributed by atoms with van der Waals surface area (Å²) in [5, 5.41) is 6.99. The zero-order chi connectivity index (χ0) is 22.3. The van der Waals surface area contributed by atoms with Crippen LogP contribution in [0.25, 0.3) is 10.1 Å². The lowest BCUT2D eigenvalue weighted by atomic mass is 10.0. The van der Waals surface area contributed by atoms with E-state index in [1.165, 1.54) is 15.6 Å². The third-order valence-electron chi connectivity index (χ3n) is 6.24. The largest absolute Gasteiger partial charge is 0.417 e. The van der Waals surface area contributed by atoms with E-state index in [1.807, 2.05) is 12.1 Å². The Morgan fingerprint density at radius 3 is 2.91 bits per heavy atom. The number of halogens is 3. The van der Waals surface area contributed by atoms with Gasteiger partial charge in [-0.05, 0) is 40.4 Å². The van der Waals surface area contributed by atoms with Gasteiger partial charge in [-0.25, -0.2) is 4.79 Å². The first-order valence-electron chi connectivity index (χ1n) is 10.7. The summed E-state index contributed by atoms with van der Waals surface area (Å²) in [6.07, 6.45) is -2.22. The number of pyridine rings is 1. The smallest absolute Gasteiger partial charge is 0.323 e. The van der Waals surface area contributed by atoms with Gasteiger partial charge in [0, 0.05) is 61.8 Å². The van der Waals surface area contributed by atoms with Crippen LogP contribution >= 0.6 is 11.3 Å². The maximum absolute atomic E-state index is 13.0. The number of benzene rings is 1. The average Bonchev–Trinajstić information content (AvgIpc) is 3.43. The molecular formula is C23H23F3N4OS. The van der Waals surface area contributed by atoms with Gasteiger partial charge in [0.25, 0.3) is 0 Å². The Bertz CT molecular complexity index is 1150. The van der Waals surface area contributed by atoms with Crippen LogP contribution in [0.4, 0.5) is 18.0 Å². The first-order chi connectivity index (χ1) is 15.4. The normalized spacial score (nSPS) is 18.9. The minimum atomic E-state index is -4.43. The Balaban J connectivity index is 1.19. The van der Waals surface area contributed by atoms with E-state index in [9.17, 15) is 18.0 Å². The molecule has 1 unspecified atom stereocenters. The molecule has 2 aliphatic heterocycles. The summed E-state index contributed by atoms with van der Waals surface area (Å²) in [7, 11) is 0. The minimum Gasteiger partial charge on any atom is -0.323 e. The first kappa shape index (κ1) is 21.2. The fraction of sp³-hybridized carbons (Fsp3) is 0.391. The van der Waals surface area contributed by atoms with E-state index in [1.54, 1.807) is 21.1 Å². The molecule has 4 heterocycles. The molecule has 0 spiro atoms. The van der Waals surface area contributed by atoms with Crippen molar-refractivity contribution in [2.24, 2.45) is 0 Å². The van der Waals surface area contributed by atoms with Crippen molar-refractivity contribution < 1.29 is 18.0 Å². The standard InChI is InChI=1S/C23H23F3N4OS/c24-23(25,26)17-9-15-12-29(8-6-20(15)28-11-17)22(31)30-7-5-18(13-30)27-10-16-14-32-21-4-2-1-3-19(16)21/h1-4,9,11,14,18,27H,5-8,10,12-13H2. The summed E-state index contributed by atoms with van der Waals surface area (Å²) < 4.78 is 40.3. The lowest BCUT2D eigenvalue weighted by Crippen LogP contribution is -2.45. The van der Waals surface area contributed by atoms with Crippen molar-refractivity contribution in [1.82, 2.24) is 20.1 Å². The molecule has 2 amide bonds. The molecule has 5 nitrogen and oxygen atoms in total.